The fourth-order valence-corrected chi connectivity index (χ4v) is 2.11. The molecule has 0 aliphatic rings. The number of hydrogen-bond donors (Lipinski definition) is 3. The molecule has 0 bridgehead atoms. The Bertz CT molecular complexity index is 632. The van der Waals surface area contributed by atoms with E-state index >= 15 is 0 Å². The summed E-state index contributed by atoms with van der Waals surface area (Å²) in [6.45, 7) is 0. The molecule has 3 N–H and O–H groups in total. The smallest absolute Gasteiger partial charge is 0.336 e. The number of rotatable bonds is 4. The van der Waals surface area contributed by atoms with Gasteiger partial charge in [0.1, 0.15) is 0 Å². The first kappa shape index (κ1) is 12.4. The molecule has 0 aliphatic carbocycles. The number of nitrogens with one attached hydrogen (secondary N) is 1. The molecule has 0 aliphatic heterocycles. The summed E-state index contributed by atoms with van der Waals surface area (Å²) < 4.78 is 0. The molecule has 0 amide bonds. The highest BCUT2D eigenvalue weighted by molar-refractivity contribution is 6.35. The SMILES string of the molecule is O=C(O)CCc1c[nH]c2c(Cl)ccc(C(=O)O)c12. The summed E-state index contributed by atoms with van der Waals surface area (Å²) in [5, 5.41) is 18.7. The Morgan fingerprint density at radius 1 is 1.28 bits per heavy atom. The second-order valence-electron chi connectivity index (χ2n) is 3.86. The minimum Gasteiger partial charge on any atom is -0.481 e. The molecule has 1 aromatic carbocycles. The number of hydrogen-bond acceptors (Lipinski definition) is 2. The summed E-state index contributed by atoms with van der Waals surface area (Å²) >= 11 is 5.97. The van der Waals surface area contributed by atoms with Crippen LogP contribution in [0.2, 0.25) is 5.02 Å². The zero-order valence-electron chi connectivity index (χ0n) is 9.24. The zero-order valence-corrected chi connectivity index (χ0v) is 9.99. The highest BCUT2D eigenvalue weighted by Gasteiger charge is 2.16. The second-order valence-corrected chi connectivity index (χ2v) is 4.26. The Morgan fingerprint density at radius 3 is 2.61 bits per heavy atom. The monoisotopic (exact) mass is 267 g/mol. The van der Waals surface area contributed by atoms with Gasteiger partial charge in [0.2, 0.25) is 0 Å². The van der Waals surface area contributed by atoms with E-state index in [2.05, 4.69) is 4.98 Å². The van der Waals surface area contributed by atoms with Crippen LogP contribution in [0.1, 0.15) is 22.3 Å². The van der Waals surface area contributed by atoms with E-state index in [1.165, 1.54) is 12.1 Å². The van der Waals surface area contributed by atoms with Crippen LogP contribution in [0.15, 0.2) is 18.3 Å². The third kappa shape index (κ3) is 2.17. The minimum absolute atomic E-state index is 0.0570. The summed E-state index contributed by atoms with van der Waals surface area (Å²) in [6, 6.07) is 2.93. The van der Waals surface area contributed by atoms with E-state index in [9.17, 15) is 9.59 Å². The highest BCUT2D eigenvalue weighted by Crippen LogP contribution is 2.29. The molecule has 0 spiro atoms. The number of aliphatic carboxylic acids is 1. The highest BCUT2D eigenvalue weighted by atomic mass is 35.5. The molecule has 0 saturated carbocycles. The van der Waals surface area contributed by atoms with Gasteiger partial charge in [-0.05, 0) is 24.1 Å². The van der Waals surface area contributed by atoms with E-state index in [4.69, 9.17) is 21.8 Å². The van der Waals surface area contributed by atoms with Gasteiger partial charge in [-0.25, -0.2) is 4.79 Å². The quantitative estimate of drug-likeness (QED) is 0.794. The van der Waals surface area contributed by atoms with Gasteiger partial charge in [0.05, 0.1) is 16.1 Å². The van der Waals surface area contributed by atoms with E-state index in [1.54, 1.807) is 6.20 Å². The molecule has 0 fully saturated rings. The summed E-state index contributed by atoms with van der Waals surface area (Å²) in [7, 11) is 0. The largest absolute Gasteiger partial charge is 0.481 e. The second kappa shape index (κ2) is 4.70. The lowest BCUT2D eigenvalue weighted by Crippen LogP contribution is -2.00. The van der Waals surface area contributed by atoms with Crippen molar-refractivity contribution in [1.82, 2.24) is 4.98 Å². The van der Waals surface area contributed by atoms with Gasteiger partial charge in [0.25, 0.3) is 0 Å². The van der Waals surface area contributed by atoms with Crippen LogP contribution in [-0.2, 0) is 11.2 Å². The van der Waals surface area contributed by atoms with E-state index in [0.29, 0.717) is 21.5 Å². The number of aromatic amines is 1. The van der Waals surface area contributed by atoms with Gasteiger partial charge in [-0.3, -0.25) is 4.79 Å². The average molecular weight is 268 g/mol. The summed E-state index contributed by atoms with van der Waals surface area (Å²) in [6.07, 6.45) is 1.81. The molecule has 6 heteroatoms. The number of aromatic carboxylic acids is 1. The molecule has 94 valence electrons. The molecule has 1 aromatic heterocycles. The van der Waals surface area contributed by atoms with E-state index < -0.39 is 11.9 Å². The lowest BCUT2D eigenvalue weighted by atomic mass is 10.0. The molecule has 5 nitrogen and oxygen atoms in total. The topological polar surface area (TPSA) is 90.4 Å². The molecule has 0 unspecified atom stereocenters. The van der Waals surface area contributed by atoms with Crippen LogP contribution in [0.3, 0.4) is 0 Å². The molecular weight excluding hydrogens is 258 g/mol. The zero-order chi connectivity index (χ0) is 13.3. The Balaban J connectivity index is 2.57. The van der Waals surface area contributed by atoms with E-state index in [0.717, 1.165) is 0 Å². The summed E-state index contributed by atoms with van der Waals surface area (Å²) in [5.74, 6) is -1.99. The molecule has 1 heterocycles. The van der Waals surface area contributed by atoms with Crippen molar-refractivity contribution in [3.63, 3.8) is 0 Å². The van der Waals surface area contributed by atoms with Crippen molar-refractivity contribution >= 4 is 34.4 Å². The van der Waals surface area contributed by atoms with Crippen LogP contribution >= 0.6 is 11.6 Å². The van der Waals surface area contributed by atoms with Gasteiger partial charge in [0, 0.05) is 18.0 Å². The van der Waals surface area contributed by atoms with Gasteiger partial charge in [-0.1, -0.05) is 11.6 Å². The van der Waals surface area contributed by atoms with Crippen LogP contribution < -0.4 is 0 Å². The Kier molecular flexibility index (Phi) is 3.25. The number of H-pyrrole nitrogens is 1. The average Bonchev–Trinajstić information content (AvgIpc) is 2.71. The van der Waals surface area contributed by atoms with Crippen molar-refractivity contribution in [2.45, 2.75) is 12.8 Å². The lowest BCUT2D eigenvalue weighted by molar-refractivity contribution is -0.136. The Hall–Kier alpha value is -2.01. The maximum atomic E-state index is 11.1. The fourth-order valence-electron chi connectivity index (χ4n) is 1.90. The van der Waals surface area contributed by atoms with Crippen LogP contribution in [0, 0.1) is 0 Å². The normalized spacial score (nSPS) is 10.7. The number of fused-ring (bicyclic) bond motifs is 1. The van der Waals surface area contributed by atoms with Crippen LogP contribution in [0.4, 0.5) is 0 Å². The van der Waals surface area contributed by atoms with Gasteiger partial charge in [0.15, 0.2) is 0 Å². The number of carboxylic acids is 2. The first-order valence-corrected chi connectivity index (χ1v) is 5.62. The molecule has 2 rings (SSSR count). The Labute approximate surface area is 107 Å². The van der Waals surface area contributed by atoms with Crippen molar-refractivity contribution in [2.75, 3.05) is 0 Å². The lowest BCUT2D eigenvalue weighted by Gasteiger charge is -2.02. The standard InChI is InChI=1S/C12H10ClNO4/c13-8-3-2-7(12(17)18)10-6(1-4-9(15)16)5-14-11(8)10/h2-3,5,14H,1,4H2,(H,15,16)(H,17,18). The van der Waals surface area contributed by atoms with Crippen LogP contribution in [0.25, 0.3) is 10.9 Å². The fraction of sp³-hybridized carbons (Fsp3) is 0.167. The number of halogens is 1. The van der Waals surface area contributed by atoms with Crippen molar-refractivity contribution < 1.29 is 19.8 Å². The van der Waals surface area contributed by atoms with Gasteiger partial charge >= 0.3 is 11.9 Å². The molecular formula is C12H10ClNO4. The van der Waals surface area contributed by atoms with E-state index in [-0.39, 0.29) is 18.4 Å². The molecule has 0 atom stereocenters. The number of carboxylic acid groups (broad SMARTS) is 2. The van der Waals surface area contributed by atoms with Crippen molar-refractivity contribution in [3.8, 4) is 0 Å². The van der Waals surface area contributed by atoms with Crippen molar-refractivity contribution in [3.05, 3.63) is 34.5 Å². The van der Waals surface area contributed by atoms with Crippen molar-refractivity contribution in [1.29, 1.82) is 0 Å². The molecule has 18 heavy (non-hydrogen) atoms. The molecule has 0 saturated heterocycles. The van der Waals surface area contributed by atoms with Crippen molar-refractivity contribution in [2.24, 2.45) is 0 Å². The number of aryl methyl sites for hydroxylation is 1. The van der Waals surface area contributed by atoms with Crippen LogP contribution in [0.5, 0.6) is 0 Å². The number of aromatic nitrogens is 1. The maximum Gasteiger partial charge on any atom is 0.336 e. The first-order valence-electron chi connectivity index (χ1n) is 5.24. The summed E-state index contributed by atoms with van der Waals surface area (Å²) in [4.78, 5) is 24.6. The summed E-state index contributed by atoms with van der Waals surface area (Å²) in [5.41, 5.74) is 1.29. The first-order chi connectivity index (χ1) is 8.50. The Morgan fingerprint density at radius 2 is 2.00 bits per heavy atom. The number of benzene rings is 1. The minimum atomic E-state index is -1.06. The predicted octanol–water partition coefficient (Wildman–Crippen LogP) is 2.54. The maximum absolute atomic E-state index is 11.1. The number of carbonyl (C=O) groups is 2. The third-order valence-corrected chi connectivity index (χ3v) is 3.02. The molecule has 0 radical (unpaired) electrons. The predicted molar refractivity (Wildman–Crippen MR) is 66.2 cm³/mol. The third-order valence-electron chi connectivity index (χ3n) is 2.70. The van der Waals surface area contributed by atoms with Gasteiger partial charge in [-0.2, -0.15) is 0 Å². The van der Waals surface area contributed by atoms with Gasteiger partial charge < -0.3 is 15.2 Å². The van der Waals surface area contributed by atoms with Crippen LogP contribution in [-0.4, -0.2) is 27.1 Å². The molecule has 2 aromatic rings. The van der Waals surface area contributed by atoms with E-state index in [1.807, 2.05) is 0 Å². The van der Waals surface area contributed by atoms with Gasteiger partial charge in [-0.15, -0.1) is 0 Å².